The van der Waals surface area contributed by atoms with Crippen molar-refractivity contribution in [2.24, 2.45) is 10.8 Å². The number of nitrogens with zero attached hydrogens (tertiary/aromatic N) is 3. The van der Waals surface area contributed by atoms with E-state index in [0.29, 0.717) is 70.5 Å². The van der Waals surface area contributed by atoms with Crippen LogP contribution in [0.3, 0.4) is 0 Å². The maximum absolute atomic E-state index is 11.8. The number of nitrogens with two attached hydrogens (primary N) is 1. The van der Waals surface area contributed by atoms with Gasteiger partial charge in [-0.3, -0.25) is 0 Å². The van der Waals surface area contributed by atoms with Crippen LogP contribution in [0.25, 0.3) is 10.4 Å². The van der Waals surface area contributed by atoms with Gasteiger partial charge in [-0.2, -0.15) is 0 Å². The van der Waals surface area contributed by atoms with Crippen molar-refractivity contribution in [2.75, 3.05) is 59.9 Å². The number of methoxy groups -OCH3 is 1. The smallest absolute Gasteiger partial charge is 0.338 e. The van der Waals surface area contributed by atoms with Crippen LogP contribution in [-0.2, 0) is 36.8 Å². The molecule has 2 N–H and O–H groups in total. The third-order valence-electron chi connectivity index (χ3n) is 3.53. The first-order chi connectivity index (χ1) is 13.7. The first-order valence-corrected chi connectivity index (χ1v) is 8.95. The van der Waals surface area contributed by atoms with E-state index in [1.165, 1.54) is 7.11 Å². The van der Waals surface area contributed by atoms with Gasteiger partial charge >= 0.3 is 5.97 Å². The van der Waals surface area contributed by atoms with Gasteiger partial charge in [0.1, 0.15) is 0 Å². The monoisotopic (exact) mass is 396 g/mol. The Kier molecular flexibility index (Phi) is 13.5. The summed E-state index contributed by atoms with van der Waals surface area (Å²) in [4.78, 5) is 14.5. The van der Waals surface area contributed by atoms with Crippen molar-refractivity contribution in [3.05, 3.63) is 45.3 Å². The minimum absolute atomic E-state index is 0.0646. The van der Waals surface area contributed by atoms with Crippen molar-refractivity contribution in [2.45, 2.75) is 13.2 Å². The maximum atomic E-state index is 11.8. The fraction of sp³-hybridized carbons (Fsp3) is 0.611. The van der Waals surface area contributed by atoms with Gasteiger partial charge in [-0.1, -0.05) is 17.2 Å². The van der Waals surface area contributed by atoms with E-state index in [1.807, 2.05) is 0 Å². The van der Waals surface area contributed by atoms with Crippen molar-refractivity contribution >= 4 is 5.97 Å². The topological polar surface area (TPSA) is 138 Å². The summed E-state index contributed by atoms with van der Waals surface area (Å²) in [7, 11) is 1.30. The lowest BCUT2D eigenvalue weighted by Crippen LogP contribution is -2.14. The third kappa shape index (κ3) is 10.2. The van der Waals surface area contributed by atoms with E-state index in [-0.39, 0.29) is 6.54 Å². The lowest BCUT2D eigenvalue weighted by Gasteiger charge is -2.10. The van der Waals surface area contributed by atoms with Crippen LogP contribution in [0.4, 0.5) is 0 Å². The third-order valence-corrected chi connectivity index (χ3v) is 3.53. The van der Waals surface area contributed by atoms with Crippen LogP contribution in [-0.4, -0.2) is 65.9 Å². The molecule has 10 heteroatoms. The molecule has 0 aliphatic rings. The van der Waals surface area contributed by atoms with Crippen molar-refractivity contribution < 1.29 is 28.5 Å². The van der Waals surface area contributed by atoms with Crippen LogP contribution in [0.5, 0.6) is 0 Å². The molecule has 1 aromatic rings. The molecule has 0 radical (unpaired) electrons. The quantitative estimate of drug-likeness (QED) is 0.148. The highest BCUT2D eigenvalue weighted by atomic mass is 16.6. The zero-order chi connectivity index (χ0) is 20.5. The molecule has 0 heterocycles. The second kappa shape index (κ2) is 15.8. The fourth-order valence-electron chi connectivity index (χ4n) is 2.22. The van der Waals surface area contributed by atoms with Gasteiger partial charge in [0.05, 0.1) is 72.1 Å². The standard InChI is InChI=1S/C18H28N4O6/c1-24-18(23)17-3-2-15(12-16(17)13-21-22-20)14-28-11-10-27-9-8-26-7-6-25-5-4-19/h2-3,12H,4-11,13-14,19H2,1H3. The molecule has 28 heavy (non-hydrogen) atoms. The molecular weight excluding hydrogens is 368 g/mol. The lowest BCUT2D eigenvalue weighted by atomic mass is 10.0. The summed E-state index contributed by atoms with van der Waals surface area (Å²) in [5.41, 5.74) is 15.6. The molecule has 0 unspecified atom stereocenters. The molecule has 0 aromatic heterocycles. The normalized spacial score (nSPS) is 10.5. The Labute approximate surface area is 164 Å². The van der Waals surface area contributed by atoms with Gasteiger partial charge in [0, 0.05) is 11.5 Å². The van der Waals surface area contributed by atoms with Gasteiger partial charge in [-0.05, 0) is 22.7 Å². The van der Waals surface area contributed by atoms with E-state index < -0.39 is 5.97 Å². The molecule has 1 rings (SSSR count). The van der Waals surface area contributed by atoms with Gasteiger partial charge in [0.15, 0.2) is 0 Å². The first-order valence-electron chi connectivity index (χ1n) is 8.95. The van der Waals surface area contributed by atoms with Gasteiger partial charge in [-0.15, -0.1) is 0 Å². The second-order valence-electron chi connectivity index (χ2n) is 5.55. The van der Waals surface area contributed by atoms with Crippen LogP contribution in [0.1, 0.15) is 21.5 Å². The Bertz CT molecular complexity index is 622. The van der Waals surface area contributed by atoms with Crippen molar-refractivity contribution in [1.29, 1.82) is 0 Å². The molecule has 0 amide bonds. The number of ether oxygens (including phenoxy) is 5. The number of azide groups is 1. The summed E-state index contributed by atoms with van der Waals surface area (Å²) in [6.07, 6.45) is 0. The number of esters is 1. The lowest BCUT2D eigenvalue weighted by molar-refractivity contribution is -0.00336. The molecule has 10 nitrogen and oxygen atoms in total. The number of carbonyl (C=O) groups excluding carboxylic acids is 1. The van der Waals surface area contributed by atoms with Crippen LogP contribution in [0, 0.1) is 0 Å². The molecule has 0 saturated heterocycles. The Morgan fingerprint density at radius 1 is 1.04 bits per heavy atom. The Morgan fingerprint density at radius 3 is 2.21 bits per heavy atom. The SMILES string of the molecule is COC(=O)c1ccc(COCCOCCOCCOCCN)cc1CN=[N+]=[N-]. The van der Waals surface area contributed by atoms with E-state index in [4.69, 9.17) is 34.9 Å². The van der Waals surface area contributed by atoms with E-state index in [2.05, 4.69) is 10.0 Å². The summed E-state index contributed by atoms with van der Waals surface area (Å²) in [5.74, 6) is -0.475. The summed E-state index contributed by atoms with van der Waals surface area (Å²) in [6.45, 7) is 4.33. The average molecular weight is 396 g/mol. The Hall–Kier alpha value is -2.20. The highest BCUT2D eigenvalue weighted by Crippen LogP contribution is 2.15. The summed E-state index contributed by atoms with van der Waals surface area (Å²) < 4.78 is 26.2. The predicted molar refractivity (Wildman–Crippen MR) is 102 cm³/mol. The molecule has 156 valence electrons. The van der Waals surface area contributed by atoms with Gasteiger partial charge in [-0.25, -0.2) is 4.79 Å². The maximum Gasteiger partial charge on any atom is 0.338 e. The molecule has 0 atom stereocenters. The summed E-state index contributed by atoms with van der Waals surface area (Å²) in [5, 5.41) is 3.51. The predicted octanol–water partition coefficient (Wildman–Crippen LogP) is 1.81. The van der Waals surface area contributed by atoms with Crippen LogP contribution < -0.4 is 5.73 Å². The number of rotatable bonds is 16. The van der Waals surface area contributed by atoms with Gasteiger partial charge in [0.2, 0.25) is 0 Å². The fourth-order valence-corrected chi connectivity index (χ4v) is 2.22. The zero-order valence-corrected chi connectivity index (χ0v) is 16.2. The molecule has 0 aliphatic carbocycles. The van der Waals surface area contributed by atoms with Crippen LogP contribution >= 0.6 is 0 Å². The van der Waals surface area contributed by atoms with E-state index in [9.17, 15) is 4.79 Å². The van der Waals surface area contributed by atoms with Gasteiger partial charge in [0.25, 0.3) is 0 Å². The van der Waals surface area contributed by atoms with Crippen molar-refractivity contribution in [1.82, 2.24) is 0 Å². The molecule has 0 saturated carbocycles. The molecule has 0 aliphatic heterocycles. The molecular formula is C18H28N4O6. The van der Waals surface area contributed by atoms with Crippen LogP contribution in [0.15, 0.2) is 23.3 Å². The van der Waals surface area contributed by atoms with Crippen LogP contribution in [0.2, 0.25) is 0 Å². The molecule has 0 fully saturated rings. The number of benzene rings is 1. The number of hydrogen-bond acceptors (Lipinski definition) is 8. The second-order valence-corrected chi connectivity index (χ2v) is 5.55. The average Bonchev–Trinajstić information content (AvgIpc) is 2.72. The van der Waals surface area contributed by atoms with E-state index in [1.54, 1.807) is 18.2 Å². The largest absolute Gasteiger partial charge is 0.465 e. The zero-order valence-electron chi connectivity index (χ0n) is 16.2. The van der Waals surface area contributed by atoms with Gasteiger partial charge < -0.3 is 29.4 Å². The summed E-state index contributed by atoms with van der Waals surface area (Å²) >= 11 is 0. The number of hydrogen-bond donors (Lipinski definition) is 1. The molecule has 0 spiro atoms. The highest BCUT2D eigenvalue weighted by molar-refractivity contribution is 5.91. The van der Waals surface area contributed by atoms with E-state index >= 15 is 0 Å². The first kappa shape index (κ1) is 23.8. The minimum Gasteiger partial charge on any atom is -0.465 e. The minimum atomic E-state index is -0.475. The highest BCUT2D eigenvalue weighted by Gasteiger charge is 2.12. The van der Waals surface area contributed by atoms with Crippen molar-refractivity contribution in [3.63, 3.8) is 0 Å². The van der Waals surface area contributed by atoms with Crippen molar-refractivity contribution in [3.8, 4) is 0 Å². The molecule has 0 bridgehead atoms. The molecule has 1 aromatic carbocycles. The summed E-state index contributed by atoms with van der Waals surface area (Å²) in [6, 6.07) is 5.17. The Morgan fingerprint density at radius 2 is 1.64 bits per heavy atom. The number of carbonyl (C=O) groups is 1. The Balaban J connectivity index is 2.22. The van der Waals surface area contributed by atoms with E-state index in [0.717, 1.165) is 5.56 Å².